The highest BCUT2D eigenvalue weighted by Crippen LogP contribution is 2.29. The predicted molar refractivity (Wildman–Crippen MR) is 53.1 cm³/mol. The van der Waals surface area contributed by atoms with Gasteiger partial charge < -0.3 is 9.47 Å². The summed E-state index contributed by atoms with van der Waals surface area (Å²) in [6, 6.07) is 0. The fraction of sp³-hybridized carbons (Fsp3) is 0.875. The van der Waals surface area contributed by atoms with E-state index in [4.69, 9.17) is 9.47 Å². The quantitative estimate of drug-likeness (QED) is 0.545. The van der Waals surface area contributed by atoms with Crippen LogP contribution in [-0.2, 0) is 14.3 Å². The van der Waals surface area contributed by atoms with E-state index in [2.05, 4.69) is 0 Å². The van der Waals surface area contributed by atoms with Crippen LogP contribution in [0.25, 0.3) is 0 Å². The molecule has 0 aromatic carbocycles. The van der Waals surface area contributed by atoms with E-state index in [-0.39, 0.29) is 16.0 Å². The van der Waals surface area contributed by atoms with E-state index < -0.39 is 5.79 Å². The van der Waals surface area contributed by atoms with Crippen LogP contribution in [0.3, 0.4) is 0 Å². The summed E-state index contributed by atoms with van der Waals surface area (Å²) in [4.78, 5) is 11.1. The molecule has 0 aromatic heterocycles. The first kappa shape index (κ1) is 10.4. The summed E-state index contributed by atoms with van der Waals surface area (Å²) in [7, 11) is 0. The third-order valence-corrected chi connectivity index (χ3v) is 2.85. The molecular formula is C8H13IO3. The van der Waals surface area contributed by atoms with Crippen LogP contribution in [0.2, 0.25) is 0 Å². The molecule has 70 valence electrons. The van der Waals surface area contributed by atoms with Gasteiger partial charge in [-0.25, -0.2) is 0 Å². The first-order chi connectivity index (χ1) is 5.44. The van der Waals surface area contributed by atoms with E-state index in [1.54, 1.807) is 29.5 Å². The molecule has 12 heavy (non-hydrogen) atoms. The lowest BCUT2D eigenvalue weighted by molar-refractivity contribution is -0.279. The third-order valence-electron chi connectivity index (χ3n) is 1.87. The lowest BCUT2D eigenvalue weighted by Gasteiger charge is -2.38. The normalized spacial score (nSPS) is 42.7. The van der Waals surface area contributed by atoms with Crippen LogP contribution >= 0.6 is 22.6 Å². The molecule has 2 atom stereocenters. The Morgan fingerprint density at radius 1 is 1.42 bits per heavy atom. The molecule has 0 spiro atoms. The Morgan fingerprint density at radius 3 is 2.17 bits per heavy atom. The maximum atomic E-state index is 11.1. The molecule has 1 aliphatic heterocycles. The van der Waals surface area contributed by atoms with Crippen LogP contribution in [0.1, 0.15) is 27.2 Å². The Labute approximate surface area is 85.9 Å². The molecule has 3 nitrogen and oxygen atoms in total. The second kappa shape index (κ2) is 3.59. The highest BCUT2D eigenvalue weighted by molar-refractivity contribution is 14.1. The molecule has 1 heterocycles. The SMILES string of the molecule is C[C@H]1C[C@H](C)OC(C)(C(=O)I)O1. The fourth-order valence-corrected chi connectivity index (χ4v) is 1.71. The van der Waals surface area contributed by atoms with Gasteiger partial charge in [0.15, 0.2) is 0 Å². The van der Waals surface area contributed by atoms with Crippen molar-refractivity contribution < 1.29 is 14.3 Å². The number of halogens is 1. The summed E-state index contributed by atoms with van der Waals surface area (Å²) in [5, 5.41) is 0. The summed E-state index contributed by atoms with van der Waals surface area (Å²) in [6.45, 7) is 5.58. The lowest BCUT2D eigenvalue weighted by atomic mass is 10.1. The summed E-state index contributed by atoms with van der Waals surface area (Å²) in [5.41, 5.74) is 0. The molecule has 0 aromatic rings. The molecule has 1 rings (SSSR count). The van der Waals surface area contributed by atoms with Crippen LogP contribution in [0, 0.1) is 0 Å². The summed E-state index contributed by atoms with van der Waals surface area (Å²) in [5.74, 6) is -1.03. The van der Waals surface area contributed by atoms with Crippen molar-refractivity contribution in [2.75, 3.05) is 0 Å². The zero-order valence-electron chi connectivity index (χ0n) is 7.46. The van der Waals surface area contributed by atoms with Gasteiger partial charge in [0.1, 0.15) is 0 Å². The minimum absolute atomic E-state index is 0.0949. The van der Waals surface area contributed by atoms with Gasteiger partial charge >= 0.3 is 0 Å². The van der Waals surface area contributed by atoms with Gasteiger partial charge in [0, 0.05) is 22.6 Å². The summed E-state index contributed by atoms with van der Waals surface area (Å²) < 4.78 is 10.8. The van der Waals surface area contributed by atoms with Crippen molar-refractivity contribution in [3.63, 3.8) is 0 Å². The van der Waals surface area contributed by atoms with Crippen LogP contribution in [0.4, 0.5) is 0 Å². The van der Waals surface area contributed by atoms with E-state index in [0.717, 1.165) is 6.42 Å². The van der Waals surface area contributed by atoms with Crippen LogP contribution in [-0.4, -0.2) is 21.8 Å². The second-order valence-electron chi connectivity index (χ2n) is 3.31. The van der Waals surface area contributed by atoms with Crippen LogP contribution < -0.4 is 0 Å². The van der Waals surface area contributed by atoms with Crippen LogP contribution in [0.5, 0.6) is 0 Å². The van der Waals surface area contributed by atoms with Gasteiger partial charge in [0.25, 0.3) is 3.79 Å². The molecule has 1 fully saturated rings. The van der Waals surface area contributed by atoms with Crippen molar-refractivity contribution in [2.45, 2.75) is 45.2 Å². The largest absolute Gasteiger partial charge is 0.340 e. The van der Waals surface area contributed by atoms with Gasteiger partial charge in [0.2, 0.25) is 5.79 Å². The fourth-order valence-electron chi connectivity index (χ4n) is 1.45. The molecule has 0 unspecified atom stereocenters. The third kappa shape index (κ3) is 2.17. The molecule has 0 amide bonds. The highest BCUT2D eigenvalue weighted by Gasteiger charge is 2.40. The van der Waals surface area contributed by atoms with Crippen molar-refractivity contribution in [3.8, 4) is 0 Å². The lowest BCUT2D eigenvalue weighted by Crippen LogP contribution is -2.48. The number of ether oxygens (including phenoxy) is 2. The number of hydrogen-bond acceptors (Lipinski definition) is 3. The van der Waals surface area contributed by atoms with Crippen LogP contribution in [0.15, 0.2) is 0 Å². The molecule has 0 radical (unpaired) electrons. The number of carbonyl (C=O) groups excluding carboxylic acids is 1. The van der Waals surface area contributed by atoms with E-state index in [1.807, 2.05) is 13.8 Å². The van der Waals surface area contributed by atoms with Crippen molar-refractivity contribution in [3.05, 3.63) is 0 Å². The Hall–Kier alpha value is 0.320. The van der Waals surface area contributed by atoms with Crippen molar-refractivity contribution >= 4 is 26.4 Å². The summed E-state index contributed by atoms with van der Waals surface area (Å²) in [6.07, 6.45) is 1.04. The number of rotatable bonds is 1. The van der Waals surface area contributed by atoms with Crippen molar-refractivity contribution in [1.82, 2.24) is 0 Å². The van der Waals surface area contributed by atoms with Gasteiger partial charge in [-0.2, -0.15) is 0 Å². The minimum Gasteiger partial charge on any atom is -0.340 e. The van der Waals surface area contributed by atoms with E-state index in [9.17, 15) is 4.79 Å². The molecule has 1 saturated heterocycles. The molecule has 0 N–H and O–H groups in total. The monoisotopic (exact) mass is 284 g/mol. The average Bonchev–Trinajstić information content (AvgIpc) is 1.82. The highest BCUT2D eigenvalue weighted by atomic mass is 127. The zero-order valence-corrected chi connectivity index (χ0v) is 9.62. The number of hydrogen-bond donors (Lipinski definition) is 0. The molecule has 1 aliphatic rings. The Kier molecular flexibility index (Phi) is 3.11. The average molecular weight is 284 g/mol. The smallest absolute Gasteiger partial charge is 0.250 e. The second-order valence-corrected chi connectivity index (χ2v) is 4.29. The zero-order chi connectivity index (χ0) is 9.35. The van der Waals surface area contributed by atoms with E-state index in [1.165, 1.54) is 0 Å². The topological polar surface area (TPSA) is 35.5 Å². The van der Waals surface area contributed by atoms with Gasteiger partial charge in [-0.15, -0.1) is 0 Å². The van der Waals surface area contributed by atoms with Gasteiger partial charge in [-0.1, -0.05) is 0 Å². The molecule has 0 bridgehead atoms. The number of carbonyl (C=O) groups is 1. The Morgan fingerprint density at radius 2 is 1.83 bits per heavy atom. The maximum Gasteiger partial charge on any atom is 0.250 e. The standard InChI is InChI=1S/C8H13IO3/c1-5-4-6(2)12-8(3,11-5)7(9)10/h5-6H,4H2,1-3H3/t5-,6-/m0/s1. The van der Waals surface area contributed by atoms with Gasteiger partial charge in [0.05, 0.1) is 12.2 Å². The first-order valence-corrected chi connectivity index (χ1v) is 5.07. The Balaban J connectivity index is 2.71. The predicted octanol–water partition coefficient (Wildman–Crippen LogP) is 1.88. The molecule has 4 heteroatoms. The first-order valence-electron chi connectivity index (χ1n) is 3.99. The summed E-state index contributed by atoms with van der Waals surface area (Å²) >= 11 is 1.71. The molecule has 0 aliphatic carbocycles. The molecular weight excluding hydrogens is 271 g/mol. The van der Waals surface area contributed by atoms with E-state index in [0.29, 0.717) is 0 Å². The molecule has 0 saturated carbocycles. The van der Waals surface area contributed by atoms with E-state index >= 15 is 0 Å². The van der Waals surface area contributed by atoms with Gasteiger partial charge in [-0.3, -0.25) is 4.79 Å². The van der Waals surface area contributed by atoms with Gasteiger partial charge in [-0.05, 0) is 27.2 Å². The minimum atomic E-state index is -1.03. The van der Waals surface area contributed by atoms with Crippen molar-refractivity contribution in [2.24, 2.45) is 0 Å². The maximum absolute atomic E-state index is 11.1. The van der Waals surface area contributed by atoms with Crippen molar-refractivity contribution in [1.29, 1.82) is 0 Å². The Bertz CT molecular complexity index is 183.